The van der Waals surface area contributed by atoms with Crippen molar-refractivity contribution in [1.29, 1.82) is 0 Å². The third-order valence-corrected chi connectivity index (χ3v) is 5.79. The van der Waals surface area contributed by atoms with Crippen LogP contribution < -0.4 is 10.4 Å². The first-order chi connectivity index (χ1) is 15.3. The molecule has 32 heavy (non-hydrogen) atoms. The van der Waals surface area contributed by atoms with Gasteiger partial charge in [0.2, 0.25) is 0 Å². The predicted molar refractivity (Wildman–Crippen MR) is 118 cm³/mol. The van der Waals surface area contributed by atoms with Gasteiger partial charge in [0.25, 0.3) is 17.7 Å². The lowest BCUT2D eigenvalue weighted by Gasteiger charge is -2.22. The molecular weight excluding hydrogens is 476 g/mol. The fraction of sp³-hybridized carbons (Fsp3) is 0.0833. The van der Waals surface area contributed by atoms with E-state index in [1.807, 2.05) is 30.3 Å². The van der Waals surface area contributed by atoms with E-state index in [0.717, 1.165) is 5.56 Å². The Labute approximate surface area is 191 Å². The van der Waals surface area contributed by atoms with E-state index in [1.54, 1.807) is 13.0 Å². The third kappa shape index (κ3) is 3.80. The van der Waals surface area contributed by atoms with Crippen molar-refractivity contribution in [2.24, 2.45) is 0 Å². The van der Waals surface area contributed by atoms with Crippen molar-refractivity contribution in [3.8, 4) is 0 Å². The molecule has 3 aromatic rings. The highest BCUT2D eigenvalue weighted by Crippen LogP contribution is 2.32. The Hall–Kier alpha value is -3.78. The number of amides is 3. The monoisotopic (exact) mass is 491 g/mol. The van der Waals surface area contributed by atoms with Crippen LogP contribution in [-0.2, 0) is 0 Å². The van der Waals surface area contributed by atoms with E-state index in [0.29, 0.717) is 4.47 Å². The van der Waals surface area contributed by atoms with Crippen LogP contribution in [0.3, 0.4) is 0 Å². The molecule has 0 spiro atoms. The fourth-order valence-corrected chi connectivity index (χ4v) is 3.98. The van der Waals surface area contributed by atoms with Gasteiger partial charge in [0.15, 0.2) is 0 Å². The number of imide groups is 1. The number of nitrogens with one attached hydrogen (secondary N) is 1. The first-order valence-corrected chi connectivity index (χ1v) is 10.5. The minimum atomic E-state index is -1.44. The van der Waals surface area contributed by atoms with Crippen LogP contribution in [0, 0.1) is 0 Å². The Morgan fingerprint density at radius 1 is 0.938 bits per heavy atom. The van der Waals surface area contributed by atoms with E-state index in [2.05, 4.69) is 21.2 Å². The van der Waals surface area contributed by atoms with Crippen molar-refractivity contribution >= 4 is 45.3 Å². The van der Waals surface area contributed by atoms with Gasteiger partial charge in [-0.1, -0.05) is 46.3 Å². The molecule has 0 saturated heterocycles. The Morgan fingerprint density at radius 2 is 1.62 bits per heavy atom. The molecule has 3 aromatic carbocycles. The molecule has 1 heterocycles. The molecule has 0 aromatic heterocycles. The summed E-state index contributed by atoms with van der Waals surface area (Å²) < 4.78 is 0.518. The molecule has 7 nitrogen and oxygen atoms in total. The number of hydrogen-bond acceptors (Lipinski definition) is 5. The standard InChI is InChI=1S/C24H17BrN2O5/c1-13(14-5-3-2-4-6-14)27-22(29)17-9-7-15(11-18(17)23(27)30)21(28)26-20-10-8-16(25)12-19(20)24(31)32/h2-13H,1H3,(H,26,28)(H,31,32)/p-1/t13-/m1/s1. The zero-order valence-corrected chi connectivity index (χ0v) is 18.4. The molecule has 1 aliphatic rings. The molecule has 1 N–H and O–H groups in total. The Bertz CT molecular complexity index is 1270. The first-order valence-electron chi connectivity index (χ1n) is 9.67. The smallest absolute Gasteiger partial charge is 0.262 e. The van der Waals surface area contributed by atoms with Crippen molar-refractivity contribution in [2.45, 2.75) is 13.0 Å². The van der Waals surface area contributed by atoms with E-state index < -0.39 is 29.7 Å². The number of carbonyl (C=O) groups is 4. The van der Waals surface area contributed by atoms with Gasteiger partial charge < -0.3 is 15.2 Å². The first kappa shape index (κ1) is 21.5. The van der Waals surface area contributed by atoms with Crippen LogP contribution in [0.15, 0.2) is 71.2 Å². The Kier molecular flexibility index (Phi) is 5.63. The maximum Gasteiger partial charge on any atom is 0.262 e. The van der Waals surface area contributed by atoms with Crippen LogP contribution in [0.2, 0.25) is 0 Å². The molecule has 1 atom stereocenters. The average molecular weight is 492 g/mol. The Balaban J connectivity index is 1.62. The molecule has 160 valence electrons. The van der Waals surface area contributed by atoms with E-state index in [4.69, 9.17) is 0 Å². The molecule has 0 fully saturated rings. The van der Waals surface area contributed by atoms with Crippen LogP contribution in [0.5, 0.6) is 0 Å². The molecule has 0 saturated carbocycles. The second-order valence-corrected chi connectivity index (χ2v) is 8.17. The van der Waals surface area contributed by atoms with E-state index >= 15 is 0 Å². The largest absolute Gasteiger partial charge is 0.545 e. The number of anilines is 1. The zero-order valence-electron chi connectivity index (χ0n) is 16.8. The molecular formula is C24H16BrN2O5-. The van der Waals surface area contributed by atoms with Crippen molar-refractivity contribution in [3.05, 3.63) is 99.0 Å². The van der Waals surface area contributed by atoms with E-state index in [9.17, 15) is 24.3 Å². The summed E-state index contributed by atoms with van der Waals surface area (Å²) >= 11 is 3.18. The quantitative estimate of drug-likeness (QED) is 0.550. The fourth-order valence-electron chi connectivity index (χ4n) is 3.62. The topological polar surface area (TPSA) is 107 Å². The summed E-state index contributed by atoms with van der Waals surface area (Å²) in [6, 6.07) is 17.2. The lowest BCUT2D eigenvalue weighted by atomic mass is 10.0. The SMILES string of the molecule is C[C@H](c1ccccc1)N1C(=O)c2ccc(C(=O)Nc3ccc(Br)cc3C(=O)[O-])cc2C1=O. The van der Waals surface area contributed by atoms with Gasteiger partial charge in [-0.2, -0.15) is 0 Å². The van der Waals surface area contributed by atoms with Crippen molar-refractivity contribution < 1.29 is 24.3 Å². The van der Waals surface area contributed by atoms with Crippen LogP contribution >= 0.6 is 15.9 Å². The van der Waals surface area contributed by atoms with Gasteiger partial charge in [0, 0.05) is 15.6 Å². The van der Waals surface area contributed by atoms with Gasteiger partial charge in [-0.25, -0.2) is 0 Å². The van der Waals surface area contributed by atoms with Crippen molar-refractivity contribution in [3.63, 3.8) is 0 Å². The van der Waals surface area contributed by atoms with Gasteiger partial charge in [-0.15, -0.1) is 0 Å². The molecule has 1 aliphatic heterocycles. The number of carboxylic acid groups (broad SMARTS) is 1. The lowest BCUT2D eigenvalue weighted by molar-refractivity contribution is -0.254. The molecule has 0 radical (unpaired) electrons. The van der Waals surface area contributed by atoms with Crippen LogP contribution in [0.4, 0.5) is 5.69 Å². The molecule has 0 unspecified atom stereocenters. The highest BCUT2D eigenvalue weighted by Gasteiger charge is 2.39. The van der Waals surface area contributed by atoms with Crippen molar-refractivity contribution in [1.82, 2.24) is 4.90 Å². The highest BCUT2D eigenvalue weighted by atomic mass is 79.9. The summed E-state index contributed by atoms with van der Waals surface area (Å²) in [5.41, 5.74) is 1.13. The van der Waals surface area contributed by atoms with Gasteiger partial charge in [0.05, 0.1) is 28.8 Å². The number of carbonyl (C=O) groups excluding carboxylic acids is 4. The second-order valence-electron chi connectivity index (χ2n) is 7.26. The normalized spacial score (nSPS) is 13.6. The zero-order chi connectivity index (χ0) is 23.0. The maximum atomic E-state index is 13.0. The number of carboxylic acids is 1. The molecule has 0 bridgehead atoms. The number of benzene rings is 3. The number of hydrogen-bond donors (Lipinski definition) is 1. The number of halogens is 1. The summed E-state index contributed by atoms with van der Waals surface area (Å²) in [7, 11) is 0. The van der Waals surface area contributed by atoms with Gasteiger partial charge in [0.1, 0.15) is 0 Å². The summed E-state index contributed by atoms with van der Waals surface area (Å²) in [5.74, 6) is -2.98. The summed E-state index contributed by atoms with van der Waals surface area (Å²) in [6.07, 6.45) is 0. The number of rotatable bonds is 5. The number of aromatic carboxylic acids is 1. The second kappa shape index (κ2) is 8.39. The van der Waals surface area contributed by atoms with Gasteiger partial charge in [-0.3, -0.25) is 19.3 Å². The maximum absolute atomic E-state index is 13.0. The third-order valence-electron chi connectivity index (χ3n) is 5.30. The van der Waals surface area contributed by atoms with E-state index in [1.165, 1.54) is 35.2 Å². The average Bonchev–Trinajstić information content (AvgIpc) is 3.04. The molecule has 3 amide bonds. The van der Waals surface area contributed by atoms with Gasteiger partial charge in [-0.05, 0) is 48.9 Å². The highest BCUT2D eigenvalue weighted by molar-refractivity contribution is 9.10. The molecule has 8 heteroatoms. The van der Waals surface area contributed by atoms with E-state index in [-0.39, 0.29) is 27.9 Å². The minimum Gasteiger partial charge on any atom is -0.545 e. The lowest BCUT2D eigenvalue weighted by Crippen LogP contribution is -2.32. The number of nitrogens with zero attached hydrogens (tertiary/aromatic N) is 1. The summed E-state index contributed by atoms with van der Waals surface area (Å²) in [5, 5.41) is 13.9. The Morgan fingerprint density at radius 3 is 2.31 bits per heavy atom. The van der Waals surface area contributed by atoms with Crippen LogP contribution in [0.25, 0.3) is 0 Å². The number of fused-ring (bicyclic) bond motifs is 1. The molecule has 4 rings (SSSR count). The summed E-state index contributed by atoms with van der Waals surface area (Å²) in [4.78, 5) is 51.2. The van der Waals surface area contributed by atoms with Crippen LogP contribution in [0.1, 0.15) is 60.0 Å². The predicted octanol–water partition coefficient (Wildman–Crippen LogP) is 3.42. The van der Waals surface area contributed by atoms with Crippen molar-refractivity contribution in [2.75, 3.05) is 5.32 Å². The van der Waals surface area contributed by atoms with Crippen LogP contribution in [-0.4, -0.2) is 28.6 Å². The minimum absolute atomic E-state index is 0.0560. The summed E-state index contributed by atoms with van der Waals surface area (Å²) in [6.45, 7) is 1.76. The molecule has 0 aliphatic carbocycles. The van der Waals surface area contributed by atoms with Gasteiger partial charge >= 0.3 is 0 Å².